The van der Waals surface area contributed by atoms with Crippen LogP contribution in [0.25, 0.3) is 5.57 Å². The molecule has 6 heteroatoms. The van der Waals surface area contributed by atoms with Gasteiger partial charge in [-0.25, -0.2) is 4.99 Å². The van der Waals surface area contributed by atoms with E-state index in [2.05, 4.69) is 5.32 Å². The van der Waals surface area contributed by atoms with E-state index >= 15 is 0 Å². The van der Waals surface area contributed by atoms with Crippen LogP contribution >= 0.6 is 0 Å². The number of rotatable bonds is 4. The van der Waals surface area contributed by atoms with Crippen molar-refractivity contribution >= 4 is 23.2 Å². The molecule has 0 saturated heterocycles. The maximum Gasteiger partial charge on any atom is 0.256 e. The van der Waals surface area contributed by atoms with Crippen molar-refractivity contribution in [3.63, 3.8) is 0 Å². The van der Waals surface area contributed by atoms with Gasteiger partial charge in [-0.05, 0) is 49.2 Å². The molecule has 0 radical (unpaired) electrons. The summed E-state index contributed by atoms with van der Waals surface area (Å²) in [4.78, 5) is 31.0. The van der Waals surface area contributed by atoms with Gasteiger partial charge in [0.2, 0.25) is 0 Å². The van der Waals surface area contributed by atoms with Crippen LogP contribution in [0.3, 0.4) is 0 Å². The Bertz CT molecular complexity index is 1080. The average Bonchev–Trinajstić information content (AvgIpc) is 3.21. The monoisotopic (exact) mass is 417 g/mol. The summed E-state index contributed by atoms with van der Waals surface area (Å²) in [6.45, 7) is 3.91. The third-order valence-electron chi connectivity index (χ3n) is 5.23. The molecule has 2 amide bonds. The molecule has 1 aliphatic heterocycles. The van der Waals surface area contributed by atoms with E-state index in [0.717, 1.165) is 28.2 Å². The number of nitrogens with zero attached hydrogens (tertiary/aromatic N) is 2. The maximum atomic E-state index is 12.8. The maximum absolute atomic E-state index is 12.8. The lowest BCUT2D eigenvalue weighted by atomic mass is 10.0. The second-order valence-corrected chi connectivity index (χ2v) is 7.54. The minimum Gasteiger partial charge on any atom is -0.501 e. The molecule has 3 rings (SSSR count). The van der Waals surface area contributed by atoms with Crippen molar-refractivity contribution in [3.05, 3.63) is 88.3 Å². The van der Waals surface area contributed by atoms with Gasteiger partial charge in [-0.1, -0.05) is 30.3 Å². The molecule has 0 fully saturated rings. The number of allylic oxidation sites excluding steroid dienone is 3. The van der Waals surface area contributed by atoms with Crippen LogP contribution in [0.4, 0.5) is 0 Å². The van der Waals surface area contributed by atoms with Gasteiger partial charge in [0.25, 0.3) is 11.8 Å². The molecular weight excluding hydrogens is 390 g/mol. The number of hydrogen-bond acceptors (Lipinski definition) is 4. The van der Waals surface area contributed by atoms with Crippen molar-refractivity contribution < 1.29 is 14.3 Å². The molecule has 0 aromatic heterocycles. The molecule has 0 spiro atoms. The number of aliphatic imine (C=N–C) groups is 1. The highest BCUT2D eigenvalue weighted by Crippen LogP contribution is 2.33. The number of nitrogens with one attached hydrogen (secondary N) is 1. The van der Waals surface area contributed by atoms with E-state index in [4.69, 9.17) is 9.73 Å². The van der Waals surface area contributed by atoms with Gasteiger partial charge in [-0.15, -0.1) is 0 Å². The van der Waals surface area contributed by atoms with Crippen LogP contribution in [-0.4, -0.2) is 43.8 Å². The smallest absolute Gasteiger partial charge is 0.256 e. The fourth-order valence-corrected chi connectivity index (χ4v) is 3.34. The van der Waals surface area contributed by atoms with Crippen molar-refractivity contribution in [3.8, 4) is 0 Å². The Balaban J connectivity index is 1.86. The predicted octanol–water partition coefficient (Wildman–Crippen LogP) is 4.27. The highest BCUT2D eigenvalue weighted by atomic mass is 16.5. The van der Waals surface area contributed by atoms with E-state index in [1.165, 1.54) is 4.90 Å². The first-order valence-electron chi connectivity index (χ1n) is 10.0. The zero-order chi connectivity index (χ0) is 22.5. The van der Waals surface area contributed by atoms with Crippen LogP contribution in [-0.2, 0) is 4.74 Å². The van der Waals surface area contributed by atoms with Crippen LogP contribution < -0.4 is 5.32 Å². The summed E-state index contributed by atoms with van der Waals surface area (Å²) in [6, 6.07) is 16.6. The standard InChI is InChI=1S/C25H27N3O3/c1-16(18-9-7-6-8-10-18)23-21(17(2)31-5)15-22(26-23)27-24(29)19-11-13-20(14-12-19)25(30)28(3)4/h6-14H,15H2,1-5H3,(H,26,27,29)/b21-17+,23-16-. The Labute approximate surface area is 182 Å². The van der Waals surface area contributed by atoms with Gasteiger partial charge in [0.15, 0.2) is 0 Å². The molecule has 2 aromatic carbocycles. The Morgan fingerprint density at radius 2 is 1.55 bits per heavy atom. The number of ether oxygens (including phenoxy) is 1. The molecule has 1 aliphatic rings. The lowest BCUT2D eigenvalue weighted by Crippen LogP contribution is -2.29. The highest BCUT2D eigenvalue weighted by molar-refractivity contribution is 6.09. The molecule has 160 valence electrons. The zero-order valence-corrected chi connectivity index (χ0v) is 18.5. The van der Waals surface area contributed by atoms with Crippen molar-refractivity contribution in [1.82, 2.24) is 10.2 Å². The number of amides is 2. The lowest BCUT2D eigenvalue weighted by Gasteiger charge is -2.10. The van der Waals surface area contributed by atoms with E-state index in [1.807, 2.05) is 44.2 Å². The quantitative estimate of drug-likeness (QED) is 0.755. The number of amidine groups is 1. The first kappa shape index (κ1) is 22.0. The minimum absolute atomic E-state index is 0.108. The number of carbonyl (C=O) groups excluding carboxylic acids is 2. The number of hydrogen-bond donors (Lipinski definition) is 1. The second kappa shape index (κ2) is 9.43. The largest absolute Gasteiger partial charge is 0.501 e. The molecule has 1 N–H and O–H groups in total. The van der Waals surface area contributed by atoms with Gasteiger partial charge in [0.1, 0.15) is 5.84 Å². The summed E-state index contributed by atoms with van der Waals surface area (Å²) >= 11 is 0. The van der Waals surface area contributed by atoms with Crippen LogP contribution in [0.5, 0.6) is 0 Å². The minimum atomic E-state index is -0.268. The molecule has 0 atom stereocenters. The highest BCUT2D eigenvalue weighted by Gasteiger charge is 2.24. The lowest BCUT2D eigenvalue weighted by molar-refractivity contribution is 0.0826. The predicted molar refractivity (Wildman–Crippen MR) is 123 cm³/mol. The van der Waals surface area contributed by atoms with Gasteiger partial charge in [0, 0.05) is 37.2 Å². The van der Waals surface area contributed by atoms with Gasteiger partial charge in [-0.2, -0.15) is 0 Å². The van der Waals surface area contributed by atoms with E-state index < -0.39 is 0 Å². The Kier molecular flexibility index (Phi) is 6.70. The molecule has 0 saturated carbocycles. The summed E-state index contributed by atoms with van der Waals surface area (Å²) in [6.07, 6.45) is 0.474. The summed E-state index contributed by atoms with van der Waals surface area (Å²) < 4.78 is 5.47. The van der Waals surface area contributed by atoms with Gasteiger partial charge >= 0.3 is 0 Å². The number of benzene rings is 2. The van der Waals surface area contributed by atoms with Gasteiger partial charge in [-0.3, -0.25) is 9.59 Å². The first-order valence-corrected chi connectivity index (χ1v) is 10.0. The van der Waals surface area contributed by atoms with Crippen LogP contribution in [0, 0.1) is 0 Å². The molecule has 1 heterocycles. The normalized spacial score (nSPS) is 16.4. The van der Waals surface area contributed by atoms with Gasteiger partial charge in [0.05, 0.1) is 18.6 Å². The number of carbonyl (C=O) groups is 2. The van der Waals surface area contributed by atoms with Crippen molar-refractivity contribution in [1.29, 1.82) is 0 Å². The average molecular weight is 418 g/mol. The first-order chi connectivity index (χ1) is 14.8. The summed E-state index contributed by atoms with van der Waals surface area (Å²) in [5, 5.41) is 2.90. The third-order valence-corrected chi connectivity index (χ3v) is 5.23. The fraction of sp³-hybridized carbons (Fsp3) is 0.240. The van der Waals surface area contributed by atoms with E-state index in [-0.39, 0.29) is 11.8 Å². The summed E-state index contributed by atoms with van der Waals surface area (Å²) in [5.74, 6) is 0.957. The summed E-state index contributed by atoms with van der Waals surface area (Å²) in [7, 11) is 5.01. The Morgan fingerprint density at radius 1 is 0.935 bits per heavy atom. The molecule has 0 unspecified atom stereocenters. The molecule has 6 nitrogen and oxygen atoms in total. The van der Waals surface area contributed by atoms with Crippen LogP contribution in [0.2, 0.25) is 0 Å². The van der Waals surface area contributed by atoms with Crippen LogP contribution in [0.1, 0.15) is 46.5 Å². The summed E-state index contributed by atoms with van der Waals surface area (Å²) in [5.41, 5.74) is 4.84. The number of methoxy groups -OCH3 is 1. The Morgan fingerprint density at radius 3 is 2.13 bits per heavy atom. The Hall–Kier alpha value is -3.67. The second-order valence-electron chi connectivity index (χ2n) is 7.54. The van der Waals surface area contributed by atoms with Gasteiger partial charge < -0.3 is 15.0 Å². The van der Waals surface area contributed by atoms with E-state index in [1.54, 1.807) is 45.5 Å². The molecule has 31 heavy (non-hydrogen) atoms. The van der Waals surface area contributed by atoms with Crippen molar-refractivity contribution in [2.45, 2.75) is 20.3 Å². The molecule has 0 aliphatic carbocycles. The molecule has 0 bridgehead atoms. The van der Waals surface area contributed by atoms with E-state index in [0.29, 0.717) is 23.4 Å². The molecular formula is C25H27N3O3. The van der Waals surface area contributed by atoms with E-state index in [9.17, 15) is 9.59 Å². The zero-order valence-electron chi connectivity index (χ0n) is 18.5. The topological polar surface area (TPSA) is 71.0 Å². The fourth-order valence-electron chi connectivity index (χ4n) is 3.34. The SMILES string of the molecule is CO/C(C)=C1\CC(NC(=O)c2ccc(C(=O)N(C)C)cc2)=N\C1=C(\C)c1ccccc1. The third kappa shape index (κ3) is 4.91. The van der Waals surface area contributed by atoms with Crippen molar-refractivity contribution in [2.24, 2.45) is 4.99 Å². The van der Waals surface area contributed by atoms with Crippen LogP contribution in [0.15, 0.2) is 76.6 Å². The molecule has 2 aromatic rings. The van der Waals surface area contributed by atoms with Crippen molar-refractivity contribution in [2.75, 3.05) is 21.2 Å².